The van der Waals surface area contributed by atoms with Crippen molar-refractivity contribution in [2.75, 3.05) is 31.7 Å². The molecule has 3 aliphatic rings. The van der Waals surface area contributed by atoms with Crippen LogP contribution in [0, 0.1) is 17.8 Å². The molecule has 3 heterocycles. The van der Waals surface area contributed by atoms with Crippen LogP contribution in [-0.4, -0.2) is 144 Å². The van der Waals surface area contributed by atoms with Gasteiger partial charge in [-0.05, 0) is 101 Å². The van der Waals surface area contributed by atoms with Gasteiger partial charge in [0.2, 0.25) is 17.7 Å². The summed E-state index contributed by atoms with van der Waals surface area (Å²) in [5.41, 5.74) is 6.75. The Labute approximate surface area is 488 Å². The summed E-state index contributed by atoms with van der Waals surface area (Å²) in [7, 11) is 0. The molecular formula is C61H91N5O15S. The monoisotopic (exact) mass is 1170 g/mol. The van der Waals surface area contributed by atoms with Crippen LogP contribution in [0.15, 0.2) is 60.2 Å². The van der Waals surface area contributed by atoms with E-state index < -0.39 is 65.9 Å². The maximum atomic E-state index is 13.7. The number of hydrogen-bond acceptors (Lipinski definition) is 16. The summed E-state index contributed by atoms with van der Waals surface area (Å²) >= 11 is 1.45. The van der Waals surface area contributed by atoms with Crippen molar-refractivity contribution >= 4 is 64.8 Å². The van der Waals surface area contributed by atoms with Crippen LogP contribution in [-0.2, 0) is 75.1 Å². The zero-order valence-corrected chi connectivity index (χ0v) is 50.2. The number of aliphatic hydroxyl groups excluding tert-OH is 1. The lowest BCUT2D eigenvalue weighted by Crippen LogP contribution is -2.50. The number of Topliss-reactive ketones (excluding diaryl/α,β-unsaturated/α-hetero) is 3. The molecule has 0 bridgehead atoms. The summed E-state index contributed by atoms with van der Waals surface area (Å²) in [6.45, 7) is 13.8. The van der Waals surface area contributed by atoms with Gasteiger partial charge in [0, 0.05) is 77.0 Å². The third kappa shape index (κ3) is 25.4. The Hall–Kier alpha value is -5.74. The summed E-state index contributed by atoms with van der Waals surface area (Å²) in [5.74, 6) is -2.23. The lowest BCUT2D eigenvalue weighted by Gasteiger charge is -2.39. The van der Waals surface area contributed by atoms with Crippen molar-refractivity contribution in [1.29, 1.82) is 0 Å². The van der Waals surface area contributed by atoms with Gasteiger partial charge in [0.1, 0.15) is 42.1 Å². The molecule has 3 fully saturated rings. The molecule has 3 aliphatic heterocycles. The highest BCUT2D eigenvalue weighted by molar-refractivity contribution is 7.99. The second-order valence-electron chi connectivity index (χ2n) is 22.5. The Kier molecular flexibility index (Phi) is 29.7. The van der Waals surface area contributed by atoms with Crippen molar-refractivity contribution in [1.82, 2.24) is 21.3 Å². The van der Waals surface area contributed by atoms with E-state index in [0.717, 1.165) is 24.8 Å². The summed E-state index contributed by atoms with van der Waals surface area (Å²) in [5, 5.41) is 22.4. The number of rotatable bonds is 36. The maximum Gasteiger partial charge on any atom is 0.312 e. The molecule has 0 aliphatic carbocycles. The van der Waals surface area contributed by atoms with Gasteiger partial charge in [0.25, 0.3) is 0 Å². The van der Waals surface area contributed by atoms with Crippen LogP contribution in [0.1, 0.15) is 149 Å². The van der Waals surface area contributed by atoms with E-state index in [1.807, 2.05) is 40.0 Å². The highest BCUT2D eigenvalue weighted by Gasteiger charge is 2.58. The summed E-state index contributed by atoms with van der Waals surface area (Å²) in [6.07, 6.45) is 13.0. The first-order valence-corrected chi connectivity index (χ1v) is 30.4. The highest BCUT2D eigenvalue weighted by Crippen LogP contribution is 2.43. The Morgan fingerprint density at radius 2 is 1.57 bits per heavy atom. The second kappa shape index (κ2) is 35.4. The predicted octanol–water partition coefficient (Wildman–Crippen LogP) is 6.16. The summed E-state index contributed by atoms with van der Waals surface area (Å²) < 4.78 is 28.9. The Morgan fingerprint density at radius 3 is 2.24 bits per heavy atom. The first-order chi connectivity index (χ1) is 39.0. The number of nitrogens with one attached hydrogen (secondary N) is 4. The van der Waals surface area contributed by atoms with E-state index >= 15 is 0 Å². The van der Waals surface area contributed by atoms with E-state index in [9.17, 15) is 48.3 Å². The Morgan fingerprint density at radius 1 is 0.878 bits per heavy atom. The first kappa shape index (κ1) is 68.8. The fourth-order valence-electron chi connectivity index (χ4n) is 10.1. The summed E-state index contributed by atoms with van der Waals surface area (Å²) in [6, 6.07) is 5.22. The molecule has 4 rings (SSSR count). The molecule has 456 valence electrons. The van der Waals surface area contributed by atoms with Gasteiger partial charge in [-0.1, -0.05) is 75.3 Å². The number of urea groups is 1. The van der Waals surface area contributed by atoms with Crippen LogP contribution in [0.3, 0.4) is 0 Å². The van der Waals surface area contributed by atoms with E-state index in [0.29, 0.717) is 62.1 Å². The molecule has 11 atom stereocenters. The normalized spacial score (nSPS) is 23.6. The molecule has 0 aromatic heterocycles. The highest BCUT2D eigenvalue weighted by atomic mass is 32.2. The lowest BCUT2D eigenvalue weighted by molar-refractivity contribution is -0.146. The minimum Gasteiger partial charge on any atom is -0.461 e. The van der Waals surface area contributed by atoms with Crippen LogP contribution in [0.25, 0.3) is 0 Å². The molecule has 5 amide bonds. The number of esters is 2. The standard InChI is InChI=1S/C61H91N5O15S/c1-38(2)49(33-47(69)14-10-9-11-28-63-56(72)36-82-8)59(75)66-50(16-13-29-64-60(62)76)52(70)31-44-21-23-45(24-22-44)35-77-57(73)17-12-15-46(68)32-48-34-61(37-78-61)58(74)54(81-48)26-19-39(3)18-25-53-40(4)30-51(42(6)80-53)65-55(71)27-20-41(5)79-43(7)67/h18-24,26-27,38,40-42,48-51,53-54,58,74H,9-17,25,28-37H2,1-8H3,(H,63,72)(H,65,71)(H,66,75)(H3,62,64,76)/b26-19+,27-20-,39-18+/t40-,41-,42+,48+,49-,50-,51+,53-,54+,58+,61+/m0/s1. The zero-order valence-electron chi connectivity index (χ0n) is 49.3. The van der Waals surface area contributed by atoms with E-state index in [1.165, 1.54) is 30.8 Å². The van der Waals surface area contributed by atoms with Crippen LogP contribution < -0.4 is 27.0 Å². The van der Waals surface area contributed by atoms with Crippen molar-refractivity contribution in [3.63, 3.8) is 0 Å². The minimum absolute atomic E-state index is 0.00823. The Balaban J connectivity index is 1.19. The molecule has 1 aromatic rings. The minimum atomic E-state index is -0.911. The average molecular weight is 1170 g/mol. The second-order valence-corrected chi connectivity index (χ2v) is 23.4. The average Bonchev–Trinajstić information content (AvgIpc) is 2.53. The van der Waals surface area contributed by atoms with E-state index in [2.05, 4.69) is 34.3 Å². The third-order valence-corrected chi connectivity index (χ3v) is 15.6. The molecule has 0 unspecified atom stereocenters. The van der Waals surface area contributed by atoms with E-state index in [-0.39, 0.29) is 117 Å². The molecule has 1 spiro atoms. The van der Waals surface area contributed by atoms with Crippen molar-refractivity contribution in [3.05, 3.63) is 71.3 Å². The van der Waals surface area contributed by atoms with E-state index in [4.69, 9.17) is 29.4 Å². The third-order valence-electron chi connectivity index (χ3n) is 15.0. The van der Waals surface area contributed by atoms with Crippen LogP contribution in [0.4, 0.5) is 4.79 Å². The van der Waals surface area contributed by atoms with Gasteiger partial charge in [-0.15, -0.1) is 0 Å². The zero-order chi connectivity index (χ0) is 60.4. The number of hydrogen-bond donors (Lipinski definition) is 6. The largest absolute Gasteiger partial charge is 0.461 e. The number of benzene rings is 1. The van der Waals surface area contributed by atoms with Gasteiger partial charge in [0.15, 0.2) is 5.78 Å². The molecular weight excluding hydrogens is 1070 g/mol. The fourth-order valence-corrected chi connectivity index (χ4v) is 10.5. The van der Waals surface area contributed by atoms with Crippen LogP contribution in [0.2, 0.25) is 0 Å². The van der Waals surface area contributed by atoms with E-state index in [1.54, 1.807) is 37.3 Å². The molecule has 21 heteroatoms. The van der Waals surface area contributed by atoms with Gasteiger partial charge >= 0.3 is 18.0 Å². The number of allylic oxidation sites excluding steroid dienone is 2. The number of carbonyl (C=O) groups excluding carboxylic acids is 9. The quantitative estimate of drug-likeness (QED) is 0.0144. The van der Waals surface area contributed by atoms with Crippen molar-refractivity contribution in [3.8, 4) is 0 Å². The molecule has 82 heavy (non-hydrogen) atoms. The van der Waals surface area contributed by atoms with Crippen LogP contribution in [0.5, 0.6) is 0 Å². The first-order valence-electron chi connectivity index (χ1n) is 29.0. The fraction of sp³-hybridized carbons (Fsp3) is 0.656. The number of primary amides is 1. The molecule has 7 N–H and O–H groups in total. The number of nitrogens with two attached hydrogens (primary N) is 1. The van der Waals surface area contributed by atoms with Gasteiger partial charge in [0.05, 0.1) is 42.8 Å². The molecule has 0 radical (unpaired) electrons. The molecule has 1 aromatic carbocycles. The SMILES string of the molecule is CSCC(=O)NCCCCCC(=O)C[C@H](C(=O)N[C@@H](CCCNC(N)=O)C(=O)Cc1ccc(COC(=O)CCCC(=O)C[C@@H]2C[C@@]3(CO3)[C@H](O)[C@@H](/C=C/C(C)=C/C[C@@H]3O[C@H](C)[C@H](NC(=O)/C=C\[C@H](C)OC(C)=O)C[C@@H]3C)O2)cc1)C(C)C. The molecule has 0 saturated carbocycles. The van der Waals surface area contributed by atoms with Crippen molar-refractivity contribution in [2.24, 2.45) is 23.5 Å². The topological polar surface area (TPSA) is 297 Å². The number of thioether (sulfide) groups is 1. The Bertz CT molecular complexity index is 2390. The van der Waals surface area contributed by atoms with Crippen molar-refractivity contribution < 1.29 is 71.9 Å². The summed E-state index contributed by atoms with van der Waals surface area (Å²) in [4.78, 5) is 113. The number of carbonyl (C=O) groups is 9. The number of aliphatic hydroxyl groups is 1. The number of epoxide rings is 1. The van der Waals surface area contributed by atoms with Gasteiger partial charge < -0.3 is 55.8 Å². The van der Waals surface area contributed by atoms with Crippen molar-refractivity contribution in [2.45, 2.75) is 206 Å². The smallest absolute Gasteiger partial charge is 0.312 e. The molecule has 20 nitrogen and oxygen atoms in total. The number of amides is 5. The maximum absolute atomic E-state index is 13.7. The predicted molar refractivity (Wildman–Crippen MR) is 311 cm³/mol. The van der Waals surface area contributed by atoms with Crippen LogP contribution >= 0.6 is 11.8 Å². The van der Waals surface area contributed by atoms with Gasteiger partial charge in [-0.3, -0.25) is 38.4 Å². The van der Waals surface area contributed by atoms with Gasteiger partial charge in [-0.25, -0.2) is 4.79 Å². The number of unbranched alkanes of at least 4 members (excludes halogenated alkanes) is 2. The number of ether oxygens (including phenoxy) is 5. The van der Waals surface area contributed by atoms with Gasteiger partial charge in [-0.2, -0.15) is 11.8 Å². The number of ketones is 3. The lowest BCUT2D eigenvalue weighted by atomic mass is 9.86. The molecule has 3 saturated heterocycles.